The topological polar surface area (TPSA) is 69.8 Å². The zero-order valence-corrected chi connectivity index (χ0v) is 8.96. The summed E-state index contributed by atoms with van der Waals surface area (Å²) >= 11 is 5.39. The highest BCUT2D eigenvalue weighted by atomic mass is 35.5. The molecule has 0 aliphatic rings. The molecule has 2 rings (SSSR count). The van der Waals surface area contributed by atoms with Crippen LogP contribution >= 0.6 is 11.6 Å². The molecule has 0 aliphatic carbocycles. The van der Waals surface area contributed by atoms with E-state index in [0.29, 0.717) is 10.7 Å². The molecule has 4 nitrogen and oxygen atoms in total. The lowest BCUT2D eigenvalue weighted by molar-refractivity contribution is 0.472. The van der Waals surface area contributed by atoms with Crippen LogP contribution < -0.4 is 0 Å². The van der Waals surface area contributed by atoms with Crippen LogP contribution in [0.4, 0.5) is 0 Å². The Balaban J connectivity index is 0.000000160. The maximum atomic E-state index is 8.64. The van der Waals surface area contributed by atoms with Crippen LogP contribution in [0.15, 0.2) is 42.9 Å². The summed E-state index contributed by atoms with van der Waals surface area (Å²) in [4.78, 5) is 7.33. The van der Waals surface area contributed by atoms with Crippen molar-refractivity contribution in [3.05, 3.63) is 53.6 Å². The first-order chi connectivity index (χ1) is 7.72. The van der Waals surface area contributed by atoms with Gasteiger partial charge in [-0.3, -0.25) is 4.98 Å². The molecular formula is C11H8ClN3O. The van der Waals surface area contributed by atoms with Crippen LogP contribution in [-0.2, 0) is 0 Å². The number of hydrogen-bond donors (Lipinski definition) is 1. The van der Waals surface area contributed by atoms with Crippen LogP contribution in [0.5, 0.6) is 5.75 Å². The highest BCUT2D eigenvalue weighted by Crippen LogP contribution is 2.08. The second kappa shape index (κ2) is 6.38. The molecule has 0 bridgehead atoms. The fourth-order valence-corrected chi connectivity index (χ4v) is 0.909. The Bertz CT molecular complexity index is 444. The molecule has 1 N–H and O–H groups in total. The maximum absolute atomic E-state index is 8.64. The third-order valence-corrected chi connectivity index (χ3v) is 1.73. The van der Waals surface area contributed by atoms with Crippen molar-refractivity contribution in [1.82, 2.24) is 9.97 Å². The predicted molar refractivity (Wildman–Crippen MR) is 59.9 cm³/mol. The van der Waals surface area contributed by atoms with Gasteiger partial charge in [0.1, 0.15) is 17.0 Å². The number of aromatic nitrogens is 2. The Labute approximate surface area is 97.8 Å². The van der Waals surface area contributed by atoms with Crippen molar-refractivity contribution in [3.8, 4) is 11.8 Å². The van der Waals surface area contributed by atoms with Gasteiger partial charge in [-0.1, -0.05) is 11.6 Å². The Kier molecular flexibility index (Phi) is 4.77. The lowest BCUT2D eigenvalue weighted by Crippen LogP contribution is -1.72. The van der Waals surface area contributed by atoms with Gasteiger partial charge < -0.3 is 5.11 Å². The Morgan fingerprint density at radius 1 is 1.25 bits per heavy atom. The standard InChI is InChI=1S/C6H4N2.C5H4ClNO/c7-4-6-2-1-3-8-5-6;6-5-2-1-4(8)3-7-5/h1-3,5H;1-3,8H. The SMILES string of the molecule is N#Cc1cccnc1.Oc1ccc(Cl)nc1. The second-order valence-electron chi connectivity index (χ2n) is 2.69. The highest BCUT2D eigenvalue weighted by Gasteiger charge is 1.85. The summed E-state index contributed by atoms with van der Waals surface area (Å²) < 4.78 is 0. The minimum Gasteiger partial charge on any atom is -0.506 e. The van der Waals surface area contributed by atoms with Crippen molar-refractivity contribution >= 4 is 11.6 Å². The number of hydrogen-bond acceptors (Lipinski definition) is 4. The molecule has 16 heavy (non-hydrogen) atoms. The molecule has 2 heterocycles. The monoisotopic (exact) mass is 233 g/mol. The number of nitriles is 1. The molecule has 0 aromatic carbocycles. The fourth-order valence-electron chi connectivity index (χ4n) is 0.797. The summed E-state index contributed by atoms with van der Waals surface area (Å²) in [6, 6.07) is 8.42. The lowest BCUT2D eigenvalue weighted by Gasteiger charge is -1.86. The molecule has 0 unspecified atom stereocenters. The van der Waals surface area contributed by atoms with Crippen LogP contribution in [0.2, 0.25) is 5.15 Å². The van der Waals surface area contributed by atoms with Gasteiger partial charge in [-0.25, -0.2) is 4.98 Å². The molecule has 0 radical (unpaired) electrons. The van der Waals surface area contributed by atoms with Crippen molar-refractivity contribution in [1.29, 1.82) is 5.26 Å². The van der Waals surface area contributed by atoms with Crippen LogP contribution in [0, 0.1) is 11.3 Å². The lowest BCUT2D eigenvalue weighted by atomic mass is 10.3. The Morgan fingerprint density at radius 3 is 2.44 bits per heavy atom. The summed E-state index contributed by atoms with van der Waals surface area (Å²) in [7, 11) is 0. The van der Waals surface area contributed by atoms with E-state index in [-0.39, 0.29) is 5.75 Å². The van der Waals surface area contributed by atoms with Gasteiger partial charge in [-0.2, -0.15) is 5.26 Å². The zero-order chi connectivity index (χ0) is 11.8. The van der Waals surface area contributed by atoms with Crippen molar-refractivity contribution in [2.45, 2.75) is 0 Å². The number of halogens is 1. The molecule has 5 heteroatoms. The summed E-state index contributed by atoms with van der Waals surface area (Å²) in [5, 5.41) is 17.3. The maximum Gasteiger partial charge on any atom is 0.133 e. The Hall–Kier alpha value is -2.12. The number of rotatable bonds is 0. The van der Waals surface area contributed by atoms with E-state index >= 15 is 0 Å². The van der Waals surface area contributed by atoms with Gasteiger partial charge in [0.15, 0.2) is 0 Å². The van der Waals surface area contributed by atoms with E-state index in [9.17, 15) is 0 Å². The largest absolute Gasteiger partial charge is 0.506 e. The molecule has 0 atom stereocenters. The third kappa shape index (κ3) is 4.40. The van der Waals surface area contributed by atoms with E-state index in [1.165, 1.54) is 24.5 Å². The first kappa shape index (κ1) is 12.0. The van der Waals surface area contributed by atoms with Crippen molar-refractivity contribution < 1.29 is 5.11 Å². The smallest absolute Gasteiger partial charge is 0.133 e. The van der Waals surface area contributed by atoms with Gasteiger partial charge in [0.2, 0.25) is 0 Å². The number of pyridine rings is 2. The first-order valence-corrected chi connectivity index (χ1v) is 4.71. The number of aromatic hydroxyl groups is 1. The summed E-state index contributed by atoms with van der Waals surface area (Å²) in [6.45, 7) is 0. The molecular weight excluding hydrogens is 226 g/mol. The van der Waals surface area contributed by atoms with Crippen molar-refractivity contribution in [3.63, 3.8) is 0 Å². The van der Waals surface area contributed by atoms with Crippen LogP contribution in [0.3, 0.4) is 0 Å². The van der Waals surface area contributed by atoms with E-state index in [2.05, 4.69) is 9.97 Å². The molecule has 0 saturated heterocycles. The molecule has 2 aromatic heterocycles. The van der Waals surface area contributed by atoms with Gasteiger partial charge in [-0.15, -0.1) is 0 Å². The average Bonchev–Trinajstić information content (AvgIpc) is 2.35. The van der Waals surface area contributed by atoms with E-state index in [1.807, 2.05) is 6.07 Å². The Morgan fingerprint density at radius 2 is 2.06 bits per heavy atom. The minimum atomic E-state index is 0.134. The fraction of sp³-hybridized carbons (Fsp3) is 0. The van der Waals surface area contributed by atoms with E-state index in [1.54, 1.807) is 18.3 Å². The van der Waals surface area contributed by atoms with Gasteiger partial charge in [0, 0.05) is 12.4 Å². The minimum absolute atomic E-state index is 0.134. The number of nitrogens with zero attached hydrogens (tertiary/aromatic N) is 3. The third-order valence-electron chi connectivity index (χ3n) is 1.50. The van der Waals surface area contributed by atoms with Gasteiger partial charge in [0.05, 0.1) is 11.8 Å². The molecule has 0 amide bonds. The second-order valence-corrected chi connectivity index (χ2v) is 3.08. The van der Waals surface area contributed by atoms with Crippen LogP contribution in [0.1, 0.15) is 5.56 Å². The highest BCUT2D eigenvalue weighted by molar-refractivity contribution is 6.29. The van der Waals surface area contributed by atoms with E-state index < -0.39 is 0 Å². The predicted octanol–water partition coefficient (Wildman–Crippen LogP) is 2.39. The molecule has 80 valence electrons. The quantitative estimate of drug-likeness (QED) is 0.710. The van der Waals surface area contributed by atoms with Gasteiger partial charge in [0.25, 0.3) is 0 Å². The zero-order valence-electron chi connectivity index (χ0n) is 8.21. The normalized spacial score (nSPS) is 8.50. The molecule has 0 saturated carbocycles. The summed E-state index contributed by atoms with van der Waals surface area (Å²) in [5.74, 6) is 0.134. The molecule has 2 aromatic rings. The average molecular weight is 234 g/mol. The molecule has 0 aliphatic heterocycles. The molecule has 0 fully saturated rings. The van der Waals surface area contributed by atoms with E-state index in [0.717, 1.165) is 0 Å². The van der Waals surface area contributed by atoms with Crippen molar-refractivity contribution in [2.24, 2.45) is 0 Å². The van der Waals surface area contributed by atoms with E-state index in [4.69, 9.17) is 22.0 Å². The molecule has 0 spiro atoms. The first-order valence-electron chi connectivity index (χ1n) is 4.33. The summed E-state index contributed by atoms with van der Waals surface area (Å²) in [6.07, 6.45) is 4.46. The van der Waals surface area contributed by atoms with Crippen LogP contribution in [-0.4, -0.2) is 15.1 Å². The van der Waals surface area contributed by atoms with Crippen molar-refractivity contribution in [2.75, 3.05) is 0 Å². The van der Waals surface area contributed by atoms with Gasteiger partial charge in [-0.05, 0) is 24.3 Å². The summed E-state index contributed by atoms with van der Waals surface area (Å²) in [5.41, 5.74) is 0.604. The van der Waals surface area contributed by atoms with Gasteiger partial charge >= 0.3 is 0 Å². The van der Waals surface area contributed by atoms with Crippen LogP contribution in [0.25, 0.3) is 0 Å².